The van der Waals surface area contributed by atoms with Crippen molar-refractivity contribution in [1.29, 1.82) is 0 Å². The summed E-state index contributed by atoms with van der Waals surface area (Å²) in [7, 11) is 0. The minimum Gasteiger partial charge on any atom is -0.377 e. The van der Waals surface area contributed by atoms with Gasteiger partial charge in [0.2, 0.25) is 5.91 Å². The number of carbonyl (C=O) groups excluding carboxylic acids is 1. The van der Waals surface area contributed by atoms with Crippen LogP contribution in [0.3, 0.4) is 0 Å². The summed E-state index contributed by atoms with van der Waals surface area (Å²) >= 11 is 0. The molecule has 150 valence electrons. The summed E-state index contributed by atoms with van der Waals surface area (Å²) in [6.07, 6.45) is 5.76. The SMILES string of the molecule is O=C1CC(c2noc(-c3ccc4cnn(C5COC5)c4c3)n2)CCN1CC1CC1. The first kappa shape index (κ1) is 17.1. The zero-order valence-electron chi connectivity index (χ0n) is 16.2. The smallest absolute Gasteiger partial charge is 0.258 e. The van der Waals surface area contributed by atoms with Crippen molar-refractivity contribution >= 4 is 16.8 Å². The molecular weight excluding hydrogens is 370 g/mol. The van der Waals surface area contributed by atoms with Crippen LogP contribution in [0.4, 0.5) is 0 Å². The minimum absolute atomic E-state index is 0.0387. The van der Waals surface area contributed by atoms with Gasteiger partial charge in [-0.25, -0.2) is 0 Å². The zero-order chi connectivity index (χ0) is 19.4. The maximum Gasteiger partial charge on any atom is 0.258 e. The zero-order valence-corrected chi connectivity index (χ0v) is 16.2. The number of hydrogen-bond donors (Lipinski definition) is 0. The molecule has 4 heterocycles. The molecular formula is C21H23N5O3. The van der Waals surface area contributed by atoms with Gasteiger partial charge < -0.3 is 14.2 Å². The highest BCUT2D eigenvalue weighted by Gasteiger charge is 2.33. The maximum atomic E-state index is 12.5. The quantitative estimate of drug-likeness (QED) is 0.663. The predicted molar refractivity (Wildman–Crippen MR) is 104 cm³/mol. The van der Waals surface area contributed by atoms with Gasteiger partial charge >= 0.3 is 0 Å². The van der Waals surface area contributed by atoms with Crippen LogP contribution in [0.1, 0.15) is 43.5 Å². The Bertz CT molecular complexity index is 1070. The minimum atomic E-state index is 0.0387. The van der Waals surface area contributed by atoms with Crippen LogP contribution in [0, 0.1) is 5.92 Å². The van der Waals surface area contributed by atoms with Crippen LogP contribution < -0.4 is 0 Å². The first-order valence-electron chi connectivity index (χ1n) is 10.4. The molecule has 1 atom stereocenters. The number of piperidine rings is 1. The number of rotatable bonds is 5. The number of carbonyl (C=O) groups is 1. The van der Waals surface area contributed by atoms with Crippen molar-refractivity contribution in [3.8, 4) is 11.5 Å². The van der Waals surface area contributed by atoms with Crippen LogP contribution in [0.2, 0.25) is 0 Å². The van der Waals surface area contributed by atoms with Gasteiger partial charge in [0.25, 0.3) is 5.89 Å². The lowest BCUT2D eigenvalue weighted by Crippen LogP contribution is -2.39. The van der Waals surface area contributed by atoms with E-state index in [1.54, 1.807) is 0 Å². The van der Waals surface area contributed by atoms with Gasteiger partial charge in [-0.05, 0) is 37.3 Å². The van der Waals surface area contributed by atoms with E-state index in [1.807, 2.05) is 34.0 Å². The van der Waals surface area contributed by atoms with Gasteiger partial charge in [-0.2, -0.15) is 10.1 Å². The molecule has 8 heteroatoms. The summed E-state index contributed by atoms with van der Waals surface area (Å²) in [5, 5.41) is 9.78. The highest BCUT2D eigenvalue weighted by Crippen LogP contribution is 2.34. The molecule has 1 amide bonds. The average Bonchev–Trinajstić information content (AvgIpc) is 3.21. The lowest BCUT2D eigenvalue weighted by Gasteiger charge is -2.30. The molecule has 0 radical (unpaired) electrons. The summed E-state index contributed by atoms with van der Waals surface area (Å²) < 4.78 is 12.9. The fourth-order valence-corrected chi connectivity index (χ4v) is 4.25. The van der Waals surface area contributed by atoms with E-state index in [0.717, 1.165) is 41.9 Å². The Hall–Kier alpha value is -2.74. The number of hydrogen-bond acceptors (Lipinski definition) is 6. The molecule has 0 N–H and O–H groups in total. The fraction of sp³-hybridized carbons (Fsp3) is 0.524. The number of nitrogens with zero attached hydrogens (tertiary/aromatic N) is 5. The molecule has 1 aliphatic carbocycles. The van der Waals surface area contributed by atoms with E-state index < -0.39 is 0 Å². The van der Waals surface area contributed by atoms with Gasteiger partial charge in [-0.1, -0.05) is 11.2 Å². The number of likely N-dealkylation sites (tertiary alicyclic amines) is 1. The second-order valence-electron chi connectivity index (χ2n) is 8.48. The van der Waals surface area contributed by atoms with Crippen molar-refractivity contribution in [3.05, 3.63) is 30.2 Å². The van der Waals surface area contributed by atoms with E-state index in [9.17, 15) is 4.79 Å². The fourth-order valence-electron chi connectivity index (χ4n) is 4.25. The second-order valence-corrected chi connectivity index (χ2v) is 8.48. The van der Waals surface area contributed by atoms with E-state index in [1.165, 1.54) is 12.8 Å². The van der Waals surface area contributed by atoms with Crippen LogP contribution in [-0.2, 0) is 9.53 Å². The third kappa shape index (κ3) is 3.11. The molecule has 0 spiro atoms. The van der Waals surface area contributed by atoms with Crippen LogP contribution in [-0.4, -0.2) is 57.0 Å². The van der Waals surface area contributed by atoms with Crippen molar-refractivity contribution in [2.24, 2.45) is 5.92 Å². The summed E-state index contributed by atoms with van der Waals surface area (Å²) in [4.78, 5) is 19.1. The predicted octanol–water partition coefficient (Wildman–Crippen LogP) is 2.77. The number of benzene rings is 1. The Balaban J connectivity index is 1.22. The molecule has 2 saturated heterocycles. The molecule has 1 saturated carbocycles. The van der Waals surface area contributed by atoms with E-state index in [-0.39, 0.29) is 17.9 Å². The van der Waals surface area contributed by atoms with E-state index in [2.05, 4.69) is 15.2 Å². The Morgan fingerprint density at radius 1 is 1.17 bits per heavy atom. The number of fused-ring (bicyclic) bond motifs is 1. The Morgan fingerprint density at radius 2 is 2.07 bits per heavy atom. The molecule has 2 aliphatic heterocycles. The van der Waals surface area contributed by atoms with E-state index >= 15 is 0 Å². The molecule has 3 fully saturated rings. The number of ether oxygens (including phenoxy) is 1. The molecule has 1 unspecified atom stereocenters. The number of amides is 1. The van der Waals surface area contributed by atoms with Crippen LogP contribution in [0.5, 0.6) is 0 Å². The van der Waals surface area contributed by atoms with Gasteiger partial charge in [0.15, 0.2) is 5.82 Å². The van der Waals surface area contributed by atoms with Gasteiger partial charge in [0, 0.05) is 36.4 Å². The average molecular weight is 393 g/mol. The van der Waals surface area contributed by atoms with E-state index in [4.69, 9.17) is 9.26 Å². The molecule has 6 rings (SSSR count). The molecule has 3 aromatic rings. The lowest BCUT2D eigenvalue weighted by atomic mass is 9.95. The van der Waals surface area contributed by atoms with Gasteiger partial charge in [-0.3, -0.25) is 9.48 Å². The van der Waals surface area contributed by atoms with Crippen molar-refractivity contribution in [1.82, 2.24) is 24.8 Å². The third-order valence-corrected chi connectivity index (χ3v) is 6.32. The van der Waals surface area contributed by atoms with E-state index in [0.29, 0.717) is 31.3 Å². The molecule has 2 aromatic heterocycles. The van der Waals surface area contributed by atoms with Crippen molar-refractivity contribution in [3.63, 3.8) is 0 Å². The van der Waals surface area contributed by atoms with Gasteiger partial charge in [0.1, 0.15) is 0 Å². The lowest BCUT2D eigenvalue weighted by molar-refractivity contribution is -0.134. The van der Waals surface area contributed by atoms with Crippen molar-refractivity contribution in [2.75, 3.05) is 26.3 Å². The Labute approximate surface area is 167 Å². The standard InChI is InChI=1S/C21H23N5O3/c27-19-8-14(5-6-25(19)10-13-1-2-13)20-23-21(29-24-20)15-3-4-16-9-22-26(18(16)7-15)17-11-28-12-17/h3-4,7,9,13-14,17H,1-2,5-6,8,10-12H2. The van der Waals surface area contributed by atoms with Crippen molar-refractivity contribution < 1.29 is 14.1 Å². The first-order valence-corrected chi connectivity index (χ1v) is 10.4. The Morgan fingerprint density at radius 3 is 2.83 bits per heavy atom. The summed E-state index contributed by atoms with van der Waals surface area (Å²) in [6.45, 7) is 3.10. The van der Waals surface area contributed by atoms with Crippen molar-refractivity contribution in [2.45, 2.75) is 37.6 Å². The summed E-state index contributed by atoms with van der Waals surface area (Å²) in [6, 6.07) is 6.33. The molecule has 29 heavy (non-hydrogen) atoms. The Kier molecular flexibility index (Phi) is 3.94. The second kappa shape index (κ2) is 6.66. The summed E-state index contributed by atoms with van der Waals surface area (Å²) in [5.41, 5.74) is 1.91. The number of aromatic nitrogens is 4. The third-order valence-electron chi connectivity index (χ3n) is 6.32. The molecule has 1 aromatic carbocycles. The van der Waals surface area contributed by atoms with Gasteiger partial charge in [-0.15, -0.1) is 0 Å². The normalized spacial score (nSPS) is 23.0. The monoisotopic (exact) mass is 393 g/mol. The van der Waals surface area contributed by atoms with Crippen LogP contribution in [0.15, 0.2) is 28.9 Å². The highest BCUT2D eigenvalue weighted by atomic mass is 16.5. The van der Waals surface area contributed by atoms with Gasteiger partial charge in [0.05, 0.1) is 31.0 Å². The molecule has 0 bridgehead atoms. The van der Waals surface area contributed by atoms with Crippen LogP contribution >= 0.6 is 0 Å². The summed E-state index contributed by atoms with van der Waals surface area (Å²) in [5.74, 6) is 2.11. The maximum absolute atomic E-state index is 12.5. The van der Waals surface area contributed by atoms with Crippen LogP contribution in [0.25, 0.3) is 22.4 Å². The first-order chi connectivity index (χ1) is 14.2. The molecule has 3 aliphatic rings. The highest BCUT2D eigenvalue weighted by molar-refractivity contribution is 5.83. The topological polar surface area (TPSA) is 86.3 Å². The molecule has 8 nitrogen and oxygen atoms in total. The largest absolute Gasteiger partial charge is 0.377 e.